The topological polar surface area (TPSA) is 103 Å². The zero-order valence-corrected chi connectivity index (χ0v) is 13.5. The lowest BCUT2D eigenvalue weighted by Crippen LogP contribution is -2.55. The quantitative estimate of drug-likeness (QED) is 0.780. The smallest absolute Gasteiger partial charge is 0.305 e. The Labute approximate surface area is 135 Å². The summed E-state index contributed by atoms with van der Waals surface area (Å²) in [6, 6.07) is 2.86. The van der Waals surface area contributed by atoms with E-state index in [-0.39, 0.29) is 25.6 Å². The zero-order valence-electron chi connectivity index (χ0n) is 12.7. The number of aliphatic hydroxyl groups is 2. The first-order valence-corrected chi connectivity index (χ1v) is 9.10. The maximum absolute atomic E-state index is 13.1. The predicted molar refractivity (Wildman–Crippen MR) is 83.4 cm³/mol. The molecule has 0 aliphatic carbocycles. The van der Waals surface area contributed by atoms with Crippen LogP contribution in [0.25, 0.3) is 0 Å². The third-order valence-corrected chi connectivity index (χ3v) is 6.16. The van der Waals surface area contributed by atoms with E-state index in [4.69, 9.17) is 4.74 Å². The van der Waals surface area contributed by atoms with Gasteiger partial charge in [-0.15, -0.1) is 0 Å². The van der Waals surface area contributed by atoms with Gasteiger partial charge in [-0.25, -0.2) is 9.29 Å². The molecule has 3 heterocycles. The number of ether oxygens (including phenoxy) is 1. The van der Waals surface area contributed by atoms with Gasteiger partial charge in [0.25, 0.3) is 0 Å². The van der Waals surface area contributed by atoms with Crippen molar-refractivity contribution in [3.05, 3.63) is 18.3 Å². The monoisotopic (exact) mass is 343 g/mol. The molecule has 3 rings (SSSR count). The Balaban J connectivity index is 1.98. The minimum absolute atomic E-state index is 0.00248. The Morgan fingerprint density at radius 2 is 2.13 bits per heavy atom. The fraction of sp³-hybridized carbons (Fsp3) is 0.643. The molecule has 8 nitrogen and oxygen atoms in total. The highest BCUT2D eigenvalue weighted by Gasteiger charge is 2.41. The van der Waals surface area contributed by atoms with E-state index in [9.17, 15) is 18.6 Å². The summed E-state index contributed by atoms with van der Waals surface area (Å²) < 4.78 is 34.3. The first kappa shape index (κ1) is 16.4. The minimum atomic E-state index is -3.85. The number of anilines is 1. The second-order valence-corrected chi connectivity index (χ2v) is 7.53. The number of pyridine rings is 1. The van der Waals surface area contributed by atoms with E-state index in [0.717, 1.165) is 12.8 Å². The maximum atomic E-state index is 13.1. The third-order valence-electron chi connectivity index (χ3n) is 4.21. The van der Waals surface area contributed by atoms with E-state index in [1.165, 1.54) is 14.8 Å². The van der Waals surface area contributed by atoms with E-state index in [0.29, 0.717) is 18.7 Å². The largest absolute Gasteiger partial charge is 0.482 e. The van der Waals surface area contributed by atoms with Crippen molar-refractivity contribution in [2.75, 3.05) is 30.6 Å². The zero-order chi connectivity index (χ0) is 16.4. The summed E-state index contributed by atoms with van der Waals surface area (Å²) in [5.74, 6) is 0.554. The molecule has 1 aromatic heterocycles. The Morgan fingerprint density at radius 3 is 2.87 bits per heavy atom. The molecule has 1 saturated heterocycles. The number of rotatable bonds is 4. The Hall–Kier alpha value is -1.42. The van der Waals surface area contributed by atoms with Crippen LogP contribution in [0.4, 0.5) is 5.82 Å². The average Bonchev–Trinajstić information content (AvgIpc) is 2.60. The number of hydrogen-bond donors (Lipinski definition) is 2. The molecule has 23 heavy (non-hydrogen) atoms. The van der Waals surface area contributed by atoms with Crippen LogP contribution in [-0.2, 0) is 10.2 Å². The molecule has 0 saturated carbocycles. The van der Waals surface area contributed by atoms with Crippen LogP contribution in [0, 0.1) is 0 Å². The molecule has 0 amide bonds. The SMILES string of the molecule is O=S(=O)(N1C[C@H](CO)Oc2cccnc21)N1CCCC[C@@H]1CO. The first-order valence-electron chi connectivity index (χ1n) is 7.71. The average molecular weight is 343 g/mol. The fourth-order valence-electron chi connectivity index (χ4n) is 3.04. The molecule has 2 atom stereocenters. The van der Waals surface area contributed by atoms with Crippen LogP contribution >= 0.6 is 0 Å². The first-order chi connectivity index (χ1) is 11.1. The highest BCUT2D eigenvalue weighted by Crippen LogP contribution is 2.35. The lowest BCUT2D eigenvalue weighted by Gasteiger charge is -2.40. The highest BCUT2D eigenvalue weighted by molar-refractivity contribution is 7.90. The number of aliphatic hydroxyl groups excluding tert-OH is 2. The molecule has 1 aromatic rings. The van der Waals surface area contributed by atoms with Gasteiger partial charge in [0.15, 0.2) is 11.6 Å². The van der Waals surface area contributed by atoms with Crippen molar-refractivity contribution < 1.29 is 23.4 Å². The van der Waals surface area contributed by atoms with Crippen LogP contribution < -0.4 is 9.04 Å². The molecule has 2 aliphatic heterocycles. The standard InChI is InChI=1S/C14H21N3O5S/c18-9-11-4-1-2-7-16(11)23(20,21)17-8-12(10-19)22-13-5-3-6-15-14(13)17/h3,5-6,11-12,18-19H,1-2,4,7-10H2/t11-,12-/m1/s1. The van der Waals surface area contributed by atoms with Gasteiger partial charge in [-0.2, -0.15) is 12.7 Å². The molecule has 0 aromatic carbocycles. The molecule has 0 unspecified atom stereocenters. The molecule has 2 N–H and O–H groups in total. The van der Waals surface area contributed by atoms with Gasteiger partial charge in [0, 0.05) is 18.8 Å². The molecule has 9 heteroatoms. The molecule has 0 spiro atoms. The van der Waals surface area contributed by atoms with Crippen LogP contribution in [-0.4, -0.2) is 66.4 Å². The van der Waals surface area contributed by atoms with Crippen LogP contribution in [0.2, 0.25) is 0 Å². The molecule has 2 aliphatic rings. The Bertz CT molecular complexity index is 654. The molecular formula is C14H21N3O5S. The molecule has 128 valence electrons. The minimum Gasteiger partial charge on any atom is -0.482 e. The van der Waals surface area contributed by atoms with Crippen LogP contribution in [0.3, 0.4) is 0 Å². The highest BCUT2D eigenvalue weighted by atomic mass is 32.2. The second-order valence-electron chi connectivity index (χ2n) is 5.73. The fourth-order valence-corrected chi connectivity index (χ4v) is 4.91. The lowest BCUT2D eigenvalue weighted by atomic mass is 10.1. The van der Waals surface area contributed by atoms with Gasteiger partial charge in [0.2, 0.25) is 0 Å². The number of fused-ring (bicyclic) bond motifs is 1. The Morgan fingerprint density at radius 1 is 1.30 bits per heavy atom. The molecule has 0 radical (unpaired) electrons. The van der Waals surface area contributed by atoms with Crippen molar-refractivity contribution in [2.24, 2.45) is 0 Å². The van der Waals surface area contributed by atoms with E-state index in [2.05, 4.69) is 4.98 Å². The lowest BCUT2D eigenvalue weighted by molar-refractivity contribution is 0.114. The summed E-state index contributed by atoms with van der Waals surface area (Å²) in [6.07, 6.45) is 3.16. The number of nitrogens with zero attached hydrogens (tertiary/aromatic N) is 3. The van der Waals surface area contributed by atoms with Crippen LogP contribution in [0.1, 0.15) is 19.3 Å². The van der Waals surface area contributed by atoms with Gasteiger partial charge in [-0.1, -0.05) is 6.42 Å². The van der Waals surface area contributed by atoms with Crippen molar-refractivity contribution in [2.45, 2.75) is 31.4 Å². The third kappa shape index (κ3) is 3.01. The van der Waals surface area contributed by atoms with Gasteiger partial charge in [0.05, 0.1) is 19.8 Å². The number of piperidine rings is 1. The van der Waals surface area contributed by atoms with Gasteiger partial charge in [0.1, 0.15) is 6.10 Å². The molecule has 0 bridgehead atoms. The van der Waals surface area contributed by atoms with Gasteiger partial charge in [-0.05, 0) is 25.0 Å². The number of hydrogen-bond acceptors (Lipinski definition) is 6. The van der Waals surface area contributed by atoms with E-state index in [1.807, 2.05) is 0 Å². The van der Waals surface area contributed by atoms with E-state index < -0.39 is 22.4 Å². The summed E-state index contributed by atoms with van der Waals surface area (Å²) in [6.45, 7) is -0.125. The summed E-state index contributed by atoms with van der Waals surface area (Å²) in [5, 5.41) is 18.9. The predicted octanol–water partition coefficient (Wildman–Crippen LogP) is -0.267. The summed E-state index contributed by atoms with van der Waals surface area (Å²) in [4.78, 5) is 4.13. The molecule has 1 fully saturated rings. The van der Waals surface area contributed by atoms with Crippen molar-refractivity contribution in [1.82, 2.24) is 9.29 Å². The van der Waals surface area contributed by atoms with Crippen molar-refractivity contribution >= 4 is 16.0 Å². The second kappa shape index (κ2) is 6.60. The summed E-state index contributed by atoms with van der Waals surface area (Å²) in [5.41, 5.74) is 0. The number of aromatic nitrogens is 1. The van der Waals surface area contributed by atoms with E-state index >= 15 is 0 Å². The van der Waals surface area contributed by atoms with Gasteiger partial charge in [-0.3, -0.25) is 0 Å². The summed E-state index contributed by atoms with van der Waals surface area (Å²) >= 11 is 0. The van der Waals surface area contributed by atoms with Crippen LogP contribution in [0.5, 0.6) is 5.75 Å². The summed E-state index contributed by atoms with van der Waals surface area (Å²) in [7, 11) is -3.85. The molecular weight excluding hydrogens is 322 g/mol. The normalized spacial score (nSPS) is 25.7. The van der Waals surface area contributed by atoms with Crippen LogP contribution in [0.15, 0.2) is 18.3 Å². The van der Waals surface area contributed by atoms with Crippen molar-refractivity contribution in [3.63, 3.8) is 0 Å². The maximum Gasteiger partial charge on any atom is 0.305 e. The van der Waals surface area contributed by atoms with Gasteiger partial charge >= 0.3 is 10.2 Å². The van der Waals surface area contributed by atoms with Crippen molar-refractivity contribution in [1.29, 1.82) is 0 Å². The van der Waals surface area contributed by atoms with Crippen molar-refractivity contribution in [3.8, 4) is 5.75 Å². The van der Waals surface area contributed by atoms with Gasteiger partial charge < -0.3 is 14.9 Å². The van der Waals surface area contributed by atoms with E-state index in [1.54, 1.807) is 12.1 Å². The Kier molecular flexibility index (Phi) is 4.72.